The van der Waals surface area contributed by atoms with Gasteiger partial charge >= 0.3 is 0 Å². The highest BCUT2D eigenvalue weighted by atomic mass is 15.3. The van der Waals surface area contributed by atoms with Gasteiger partial charge in [0.15, 0.2) is 0 Å². The van der Waals surface area contributed by atoms with E-state index in [9.17, 15) is 0 Å². The summed E-state index contributed by atoms with van der Waals surface area (Å²) in [4.78, 5) is 9.34. The molecule has 0 aromatic carbocycles. The second kappa shape index (κ2) is 4.78. The molecule has 3 rings (SSSR count). The third-order valence-corrected chi connectivity index (χ3v) is 4.31. The van der Waals surface area contributed by atoms with Gasteiger partial charge in [0.05, 0.1) is 6.33 Å². The zero-order chi connectivity index (χ0) is 11.7. The van der Waals surface area contributed by atoms with Gasteiger partial charge in [-0.25, -0.2) is 4.98 Å². The molecule has 2 fully saturated rings. The summed E-state index contributed by atoms with van der Waals surface area (Å²) < 4.78 is 2.19. The first-order valence-electron chi connectivity index (χ1n) is 6.73. The number of aromatic nitrogens is 2. The third-order valence-electron chi connectivity index (χ3n) is 4.31. The Kier molecular flexibility index (Phi) is 3.16. The fourth-order valence-electron chi connectivity index (χ4n) is 3.36. The zero-order valence-electron chi connectivity index (χ0n) is 10.6. The molecule has 2 aliphatic heterocycles. The lowest BCUT2D eigenvalue weighted by molar-refractivity contribution is 0.185. The lowest BCUT2D eigenvalue weighted by Gasteiger charge is -2.28. The first-order chi connectivity index (χ1) is 8.33. The molecule has 1 aromatic heterocycles. The van der Waals surface area contributed by atoms with E-state index in [1.165, 1.54) is 38.9 Å². The van der Waals surface area contributed by atoms with Crippen LogP contribution in [0.4, 0.5) is 0 Å². The Morgan fingerprint density at radius 3 is 2.88 bits per heavy atom. The zero-order valence-corrected chi connectivity index (χ0v) is 10.6. The van der Waals surface area contributed by atoms with Crippen molar-refractivity contribution < 1.29 is 0 Å². The van der Waals surface area contributed by atoms with Crippen LogP contribution in [0.15, 0.2) is 18.7 Å². The van der Waals surface area contributed by atoms with Crippen LogP contribution in [0.2, 0.25) is 0 Å². The van der Waals surface area contributed by atoms with E-state index in [2.05, 4.69) is 32.6 Å². The van der Waals surface area contributed by atoms with Crippen LogP contribution in [0.25, 0.3) is 0 Å². The standard InChI is InChI=1S/C13H22N4/c1-15-6-4-12-2-3-13(10-15)17(12)9-8-16-7-5-14-11-16/h5,7,11-13H,2-4,6,8-10H2,1H3/t12-,13+/m1/s1. The molecule has 4 heteroatoms. The van der Waals surface area contributed by atoms with Crippen molar-refractivity contribution in [3.05, 3.63) is 18.7 Å². The van der Waals surface area contributed by atoms with Gasteiger partial charge in [0.1, 0.15) is 0 Å². The van der Waals surface area contributed by atoms with E-state index in [-0.39, 0.29) is 0 Å². The molecule has 3 heterocycles. The molecule has 0 amide bonds. The molecule has 1 aromatic rings. The Labute approximate surface area is 103 Å². The fraction of sp³-hybridized carbons (Fsp3) is 0.769. The summed E-state index contributed by atoms with van der Waals surface area (Å²) in [5, 5.41) is 0. The summed E-state index contributed by atoms with van der Waals surface area (Å²) in [6, 6.07) is 1.62. The molecule has 2 saturated heterocycles. The van der Waals surface area contributed by atoms with E-state index >= 15 is 0 Å². The van der Waals surface area contributed by atoms with E-state index in [0.29, 0.717) is 0 Å². The molecule has 0 aliphatic carbocycles. The first-order valence-corrected chi connectivity index (χ1v) is 6.73. The molecule has 2 aliphatic rings. The summed E-state index contributed by atoms with van der Waals surface area (Å²) >= 11 is 0. The molecule has 4 nitrogen and oxygen atoms in total. The maximum Gasteiger partial charge on any atom is 0.0946 e. The number of rotatable bonds is 3. The largest absolute Gasteiger partial charge is 0.336 e. The topological polar surface area (TPSA) is 24.3 Å². The molecule has 0 N–H and O–H groups in total. The quantitative estimate of drug-likeness (QED) is 0.781. The van der Waals surface area contributed by atoms with Crippen molar-refractivity contribution in [1.82, 2.24) is 19.4 Å². The number of likely N-dealkylation sites (N-methyl/N-ethyl adjacent to an activating group) is 1. The minimum absolute atomic E-state index is 0.788. The Balaban J connectivity index is 1.62. The Morgan fingerprint density at radius 1 is 1.18 bits per heavy atom. The Hall–Kier alpha value is -0.870. The van der Waals surface area contributed by atoms with Crippen LogP contribution in [0.1, 0.15) is 19.3 Å². The summed E-state index contributed by atoms with van der Waals surface area (Å²) in [5.41, 5.74) is 0. The molecule has 0 unspecified atom stereocenters. The van der Waals surface area contributed by atoms with E-state index in [1.807, 2.05) is 12.5 Å². The summed E-state index contributed by atoms with van der Waals surface area (Å²) in [6.07, 6.45) is 9.99. The number of hydrogen-bond donors (Lipinski definition) is 0. The van der Waals surface area contributed by atoms with Gasteiger partial charge < -0.3 is 9.47 Å². The van der Waals surface area contributed by atoms with Crippen molar-refractivity contribution in [2.24, 2.45) is 0 Å². The van der Waals surface area contributed by atoms with Crippen LogP contribution in [0.3, 0.4) is 0 Å². The van der Waals surface area contributed by atoms with Gasteiger partial charge in [-0.2, -0.15) is 0 Å². The summed E-state index contributed by atoms with van der Waals surface area (Å²) in [5.74, 6) is 0. The fourth-order valence-corrected chi connectivity index (χ4v) is 3.36. The highest BCUT2D eigenvalue weighted by molar-refractivity contribution is 4.92. The van der Waals surface area contributed by atoms with Crippen molar-refractivity contribution in [3.8, 4) is 0 Å². The van der Waals surface area contributed by atoms with Crippen LogP contribution < -0.4 is 0 Å². The normalized spacial score (nSPS) is 30.6. The average Bonchev–Trinajstić information content (AvgIpc) is 2.89. The molecular weight excluding hydrogens is 212 g/mol. The first kappa shape index (κ1) is 11.2. The number of nitrogens with zero attached hydrogens (tertiary/aromatic N) is 4. The van der Waals surface area contributed by atoms with Crippen molar-refractivity contribution >= 4 is 0 Å². The van der Waals surface area contributed by atoms with Gasteiger partial charge in [0.25, 0.3) is 0 Å². The van der Waals surface area contributed by atoms with E-state index in [1.54, 1.807) is 0 Å². The van der Waals surface area contributed by atoms with E-state index in [0.717, 1.165) is 18.6 Å². The predicted molar refractivity (Wildman–Crippen MR) is 67.9 cm³/mol. The second-order valence-electron chi connectivity index (χ2n) is 5.47. The molecule has 0 spiro atoms. The molecule has 0 radical (unpaired) electrons. The molecule has 0 saturated carbocycles. The van der Waals surface area contributed by atoms with E-state index in [4.69, 9.17) is 0 Å². The molecule has 2 bridgehead atoms. The van der Waals surface area contributed by atoms with Gasteiger partial charge in [-0.05, 0) is 32.9 Å². The summed E-state index contributed by atoms with van der Waals surface area (Å²) in [7, 11) is 2.26. The van der Waals surface area contributed by atoms with Crippen molar-refractivity contribution in [2.45, 2.75) is 37.9 Å². The highest BCUT2D eigenvalue weighted by Crippen LogP contribution is 2.29. The number of imidazole rings is 1. The molecule has 94 valence electrons. The van der Waals surface area contributed by atoms with Gasteiger partial charge in [-0.3, -0.25) is 4.90 Å². The Morgan fingerprint density at radius 2 is 2.06 bits per heavy atom. The number of likely N-dealkylation sites (tertiary alicyclic amines) is 1. The number of fused-ring (bicyclic) bond motifs is 2. The minimum atomic E-state index is 0.788. The van der Waals surface area contributed by atoms with Crippen LogP contribution >= 0.6 is 0 Å². The van der Waals surface area contributed by atoms with Gasteiger partial charge in [0.2, 0.25) is 0 Å². The van der Waals surface area contributed by atoms with Crippen molar-refractivity contribution in [3.63, 3.8) is 0 Å². The predicted octanol–water partition coefficient (Wildman–Crippen LogP) is 1.05. The van der Waals surface area contributed by atoms with Crippen LogP contribution in [-0.2, 0) is 6.54 Å². The Bertz CT molecular complexity index is 348. The molecule has 2 atom stereocenters. The molecule has 17 heavy (non-hydrogen) atoms. The maximum absolute atomic E-state index is 4.11. The summed E-state index contributed by atoms with van der Waals surface area (Å²) in [6.45, 7) is 4.78. The van der Waals surface area contributed by atoms with Crippen LogP contribution in [0.5, 0.6) is 0 Å². The second-order valence-corrected chi connectivity index (χ2v) is 5.47. The van der Waals surface area contributed by atoms with Crippen molar-refractivity contribution in [1.29, 1.82) is 0 Å². The van der Waals surface area contributed by atoms with Crippen LogP contribution in [0, 0.1) is 0 Å². The van der Waals surface area contributed by atoms with Crippen molar-refractivity contribution in [2.75, 3.05) is 26.7 Å². The average molecular weight is 234 g/mol. The van der Waals surface area contributed by atoms with Gasteiger partial charge in [-0.15, -0.1) is 0 Å². The monoisotopic (exact) mass is 234 g/mol. The van der Waals surface area contributed by atoms with E-state index < -0.39 is 0 Å². The van der Waals surface area contributed by atoms with Gasteiger partial charge in [0, 0.05) is 44.1 Å². The van der Waals surface area contributed by atoms with Gasteiger partial charge in [-0.1, -0.05) is 0 Å². The highest BCUT2D eigenvalue weighted by Gasteiger charge is 2.35. The lowest BCUT2D eigenvalue weighted by atomic mass is 10.1. The molecular formula is C13H22N4. The third kappa shape index (κ3) is 2.38. The SMILES string of the molecule is CN1CC[C@H]2CC[C@@H](C1)N2CCn1ccnc1. The lowest BCUT2D eigenvalue weighted by Crippen LogP contribution is -2.40. The number of hydrogen-bond acceptors (Lipinski definition) is 3. The minimum Gasteiger partial charge on any atom is -0.336 e. The van der Waals surface area contributed by atoms with Crippen LogP contribution in [-0.4, -0.2) is 58.1 Å². The maximum atomic E-state index is 4.11. The smallest absolute Gasteiger partial charge is 0.0946 e.